The molecule has 0 saturated carbocycles. The van der Waals surface area contributed by atoms with Crippen molar-refractivity contribution in [3.8, 4) is 0 Å². The van der Waals surface area contributed by atoms with Gasteiger partial charge in [0.1, 0.15) is 0 Å². The Morgan fingerprint density at radius 2 is 2.07 bits per heavy atom. The van der Waals surface area contributed by atoms with E-state index in [4.69, 9.17) is 0 Å². The van der Waals surface area contributed by atoms with Crippen molar-refractivity contribution in [3.63, 3.8) is 0 Å². The van der Waals surface area contributed by atoms with Crippen molar-refractivity contribution in [2.75, 3.05) is 4.72 Å². The fraction of sp³-hybridized carbons (Fsp3) is 0.333. The van der Waals surface area contributed by atoms with E-state index in [0.717, 1.165) is 12.0 Å². The van der Waals surface area contributed by atoms with Gasteiger partial charge < -0.3 is 4.72 Å². The number of aryl methyl sites for hydroxylation is 1. The summed E-state index contributed by atoms with van der Waals surface area (Å²) in [5, 5.41) is 0. The van der Waals surface area contributed by atoms with E-state index in [-0.39, 0.29) is 11.9 Å². The number of benzene rings is 1. The highest BCUT2D eigenvalue weighted by Gasteiger charge is 2.28. The summed E-state index contributed by atoms with van der Waals surface area (Å²) in [6, 6.07) is 6.93. The lowest BCUT2D eigenvalue weighted by Gasteiger charge is -2.08. The molecule has 14 heavy (non-hydrogen) atoms. The molecule has 0 aliphatic rings. The number of alkyl halides is 3. The van der Waals surface area contributed by atoms with Gasteiger partial charge in [0.15, 0.2) is 0 Å². The van der Waals surface area contributed by atoms with Crippen molar-refractivity contribution in [3.05, 3.63) is 29.8 Å². The minimum atomic E-state index is -4.25. The molecule has 0 radical (unpaired) electrons. The maximum absolute atomic E-state index is 11.8. The molecule has 5 heteroatoms. The monoisotopic (exact) mass is 221 g/mol. The van der Waals surface area contributed by atoms with Crippen molar-refractivity contribution in [2.24, 2.45) is 0 Å². The molecule has 0 bridgehead atoms. The lowest BCUT2D eigenvalue weighted by Crippen LogP contribution is -2.04. The summed E-state index contributed by atoms with van der Waals surface area (Å²) in [6.45, 7) is 1.95. The molecule has 0 aliphatic carbocycles. The van der Waals surface area contributed by atoms with E-state index < -0.39 is 5.51 Å². The molecule has 1 aromatic rings. The Kier molecular flexibility index (Phi) is 3.69. The van der Waals surface area contributed by atoms with Crippen molar-refractivity contribution >= 4 is 17.6 Å². The second-order valence-electron chi connectivity index (χ2n) is 2.70. The van der Waals surface area contributed by atoms with Gasteiger partial charge in [-0.1, -0.05) is 19.1 Å². The fourth-order valence-electron chi connectivity index (χ4n) is 0.972. The Bertz CT molecular complexity index is 298. The first-order chi connectivity index (χ1) is 6.51. The van der Waals surface area contributed by atoms with Gasteiger partial charge in [-0.15, -0.1) is 0 Å². The molecule has 0 amide bonds. The van der Waals surface area contributed by atoms with E-state index in [1.807, 2.05) is 13.0 Å². The summed E-state index contributed by atoms with van der Waals surface area (Å²) >= 11 is -0.244. The van der Waals surface area contributed by atoms with Crippen LogP contribution in [0.4, 0.5) is 18.9 Å². The molecular formula is C9H10F3NS. The Balaban J connectivity index is 2.59. The van der Waals surface area contributed by atoms with Crippen LogP contribution in [-0.4, -0.2) is 5.51 Å². The van der Waals surface area contributed by atoms with Crippen LogP contribution in [0, 0.1) is 0 Å². The van der Waals surface area contributed by atoms with Gasteiger partial charge in [-0.25, -0.2) is 0 Å². The summed E-state index contributed by atoms with van der Waals surface area (Å²) in [5.74, 6) is 0. The van der Waals surface area contributed by atoms with E-state index in [1.54, 1.807) is 18.2 Å². The highest BCUT2D eigenvalue weighted by atomic mass is 32.2. The van der Waals surface area contributed by atoms with Crippen LogP contribution in [0.5, 0.6) is 0 Å². The highest BCUT2D eigenvalue weighted by Crippen LogP contribution is 2.31. The molecule has 0 atom stereocenters. The predicted octanol–water partition coefficient (Wildman–Crippen LogP) is 3.83. The molecule has 1 aromatic carbocycles. The Morgan fingerprint density at radius 3 is 2.64 bits per heavy atom. The van der Waals surface area contributed by atoms with Crippen LogP contribution in [0.1, 0.15) is 12.5 Å². The maximum atomic E-state index is 11.8. The third-order valence-corrected chi connectivity index (χ3v) is 2.19. The molecule has 1 rings (SSSR count). The molecule has 0 aliphatic heterocycles. The lowest BCUT2D eigenvalue weighted by atomic mass is 10.1. The average molecular weight is 221 g/mol. The Hall–Kier alpha value is -0.840. The van der Waals surface area contributed by atoms with Crippen LogP contribution < -0.4 is 4.72 Å². The van der Waals surface area contributed by atoms with E-state index >= 15 is 0 Å². The lowest BCUT2D eigenvalue weighted by molar-refractivity contribution is -0.0323. The van der Waals surface area contributed by atoms with Gasteiger partial charge >= 0.3 is 5.51 Å². The van der Waals surface area contributed by atoms with Crippen molar-refractivity contribution in [1.82, 2.24) is 0 Å². The van der Waals surface area contributed by atoms with Gasteiger partial charge in [0, 0.05) is 5.69 Å². The number of hydrogen-bond donors (Lipinski definition) is 1. The summed E-state index contributed by atoms with van der Waals surface area (Å²) in [7, 11) is 0. The van der Waals surface area contributed by atoms with Gasteiger partial charge in [-0.2, -0.15) is 13.2 Å². The number of nitrogens with one attached hydrogen (secondary N) is 1. The number of anilines is 1. The number of hydrogen-bond acceptors (Lipinski definition) is 2. The largest absolute Gasteiger partial charge is 0.461 e. The van der Waals surface area contributed by atoms with Crippen LogP contribution in [0.25, 0.3) is 0 Å². The topological polar surface area (TPSA) is 12.0 Å². The standard InChI is InChI=1S/C9H10F3NS/c1-2-7-4-3-5-8(6-7)13-14-9(10,11)12/h3-6,13H,2H2,1H3. The zero-order valence-electron chi connectivity index (χ0n) is 7.56. The smallest absolute Gasteiger partial charge is 0.323 e. The van der Waals surface area contributed by atoms with Crippen molar-refractivity contribution in [2.45, 2.75) is 18.9 Å². The number of halogens is 3. The molecule has 0 unspecified atom stereocenters. The van der Waals surface area contributed by atoms with Gasteiger partial charge in [-0.05, 0) is 24.1 Å². The summed E-state index contributed by atoms with van der Waals surface area (Å²) in [5.41, 5.74) is -2.76. The van der Waals surface area contributed by atoms with Crippen LogP contribution in [0.2, 0.25) is 0 Å². The summed E-state index contributed by atoms with van der Waals surface area (Å²) < 4.78 is 37.7. The molecule has 0 heterocycles. The molecule has 0 saturated heterocycles. The second-order valence-corrected chi connectivity index (χ2v) is 3.57. The van der Waals surface area contributed by atoms with Crippen molar-refractivity contribution in [1.29, 1.82) is 0 Å². The number of rotatable bonds is 3. The Labute approximate surface area is 84.8 Å². The highest BCUT2D eigenvalue weighted by molar-refractivity contribution is 8.01. The van der Waals surface area contributed by atoms with E-state index in [0.29, 0.717) is 5.69 Å². The molecule has 0 aromatic heterocycles. The van der Waals surface area contributed by atoms with Gasteiger partial charge in [0.2, 0.25) is 0 Å². The second kappa shape index (κ2) is 4.59. The van der Waals surface area contributed by atoms with Crippen LogP contribution >= 0.6 is 11.9 Å². The third-order valence-electron chi connectivity index (χ3n) is 1.62. The molecule has 0 spiro atoms. The molecule has 78 valence electrons. The van der Waals surface area contributed by atoms with Crippen LogP contribution in [-0.2, 0) is 6.42 Å². The summed E-state index contributed by atoms with van der Waals surface area (Å²) in [4.78, 5) is 0. The normalized spacial score (nSPS) is 11.4. The molecular weight excluding hydrogens is 211 g/mol. The van der Waals surface area contributed by atoms with Gasteiger partial charge in [0.05, 0.1) is 11.9 Å². The molecule has 1 nitrogen and oxygen atoms in total. The Morgan fingerprint density at radius 1 is 1.36 bits per heavy atom. The summed E-state index contributed by atoms with van der Waals surface area (Å²) in [6.07, 6.45) is 0.812. The van der Waals surface area contributed by atoms with Crippen molar-refractivity contribution < 1.29 is 13.2 Å². The maximum Gasteiger partial charge on any atom is 0.461 e. The first-order valence-corrected chi connectivity index (χ1v) is 4.92. The van der Waals surface area contributed by atoms with E-state index in [2.05, 4.69) is 4.72 Å². The molecule has 0 fully saturated rings. The zero-order chi connectivity index (χ0) is 10.6. The van der Waals surface area contributed by atoms with Gasteiger partial charge in [0.25, 0.3) is 0 Å². The quantitative estimate of drug-likeness (QED) is 0.778. The first kappa shape index (κ1) is 11.2. The van der Waals surface area contributed by atoms with E-state index in [1.165, 1.54) is 0 Å². The zero-order valence-corrected chi connectivity index (χ0v) is 8.38. The minimum Gasteiger partial charge on any atom is -0.323 e. The van der Waals surface area contributed by atoms with Gasteiger partial charge in [-0.3, -0.25) is 0 Å². The first-order valence-electron chi connectivity index (χ1n) is 4.11. The third kappa shape index (κ3) is 3.91. The fourth-order valence-corrected chi connectivity index (χ4v) is 1.33. The average Bonchev–Trinajstić information content (AvgIpc) is 2.14. The molecule has 1 N–H and O–H groups in total. The SMILES string of the molecule is CCc1cccc(NSC(F)(F)F)c1. The van der Waals surface area contributed by atoms with Crippen LogP contribution in [0.3, 0.4) is 0 Å². The van der Waals surface area contributed by atoms with Crippen LogP contribution in [0.15, 0.2) is 24.3 Å². The van der Waals surface area contributed by atoms with E-state index in [9.17, 15) is 13.2 Å². The minimum absolute atomic E-state index is 0.244. The predicted molar refractivity (Wildman–Crippen MR) is 53.1 cm³/mol.